The maximum absolute atomic E-state index is 5.86. The Kier molecular flexibility index (Phi) is 3.57. The number of pyridine rings is 1. The summed E-state index contributed by atoms with van der Waals surface area (Å²) in [6.07, 6.45) is 1.60. The Morgan fingerprint density at radius 1 is 1.17 bits per heavy atom. The van der Waals surface area contributed by atoms with E-state index >= 15 is 0 Å². The summed E-state index contributed by atoms with van der Waals surface area (Å²) >= 11 is 5.86. The summed E-state index contributed by atoms with van der Waals surface area (Å²) in [4.78, 5) is 18.3. The quantitative estimate of drug-likeness (QED) is 0.841. The molecule has 0 spiro atoms. The highest BCUT2D eigenvalue weighted by Gasteiger charge is 2.09. The van der Waals surface area contributed by atoms with Crippen molar-refractivity contribution in [3.63, 3.8) is 0 Å². The van der Waals surface area contributed by atoms with Crippen molar-refractivity contribution in [2.24, 2.45) is 0 Å². The fraction of sp³-hybridized carbons (Fsp3) is 0.273. The van der Waals surface area contributed by atoms with Crippen LogP contribution in [0.1, 0.15) is 0 Å². The van der Waals surface area contributed by atoms with E-state index in [1.807, 2.05) is 14.1 Å². The van der Waals surface area contributed by atoms with Gasteiger partial charge in [-0.25, -0.2) is 4.98 Å². The lowest BCUT2D eigenvalue weighted by Gasteiger charge is -2.10. The normalized spacial score (nSPS) is 10.2. The summed E-state index contributed by atoms with van der Waals surface area (Å²) in [6.45, 7) is 0. The van der Waals surface area contributed by atoms with Crippen molar-refractivity contribution in [1.29, 1.82) is 0 Å². The second kappa shape index (κ2) is 5.14. The van der Waals surface area contributed by atoms with Crippen molar-refractivity contribution in [2.75, 3.05) is 26.1 Å². The van der Waals surface area contributed by atoms with Gasteiger partial charge in [0.1, 0.15) is 11.4 Å². The first-order valence-corrected chi connectivity index (χ1v) is 5.57. The molecule has 0 aromatic carbocycles. The van der Waals surface area contributed by atoms with Crippen molar-refractivity contribution < 1.29 is 4.74 Å². The third-order valence-corrected chi connectivity index (χ3v) is 2.37. The third kappa shape index (κ3) is 2.65. The van der Waals surface area contributed by atoms with Crippen molar-refractivity contribution in [3.8, 4) is 17.3 Å². The van der Waals surface area contributed by atoms with E-state index in [1.54, 1.807) is 30.3 Å². The highest BCUT2D eigenvalue weighted by molar-refractivity contribution is 6.28. The van der Waals surface area contributed by atoms with E-state index in [9.17, 15) is 0 Å². The van der Waals surface area contributed by atoms with Crippen LogP contribution < -0.4 is 9.64 Å². The van der Waals surface area contributed by atoms with Crippen LogP contribution in [0.3, 0.4) is 0 Å². The van der Waals surface area contributed by atoms with Gasteiger partial charge in [-0.2, -0.15) is 15.0 Å². The number of anilines is 1. The predicted molar refractivity (Wildman–Crippen MR) is 68.9 cm³/mol. The summed E-state index contributed by atoms with van der Waals surface area (Å²) in [5.41, 5.74) is 0.614. The molecule has 0 aliphatic rings. The molecule has 0 bridgehead atoms. The van der Waals surface area contributed by atoms with Gasteiger partial charge in [-0.1, -0.05) is 0 Å². The fourth-order valence-electron chi connectivity index (χ4n) is 1.29. The molecule has 7 heteroatoms. The van der Waals surface area contributed by atoms with Crippen LogP contribution in [0.4, 0.5) is 5.95 Å². The molecule has 0 saturated heterocycles. The number of nitrogens with zero attached hydrogens (tertiary/aromatic N) is 5. The topological polar surface area (TPSA) is 64.0 Å². The Hall–Kier alpha value is -1.95. The SMILES string of the molecule is COc1ccc(-c2nc(Cl)nc(N(C)C)n2)nc1. The molecule has 6 nitrogen and oxygen atoms in total. The van der Waals surface area contributed by atoms with E-state index in [1.165, 1.54) is 0 Å². The minimum atomic E-state index is 0.140. The molecule has 0 aliphatic heterocycles. The molecular weight excluding hydrogens is 254 g/mol. The Balaban J connectivity index is 2.42. The lowest BCUT2D eigenvalue weighted by Crippen LogP contribution is -2.14. The summed E-state index contributed by atoms with van der Waals surface area (Å²) in [5, 5.41) is 0.140. The van der Waals surface area contributed by atoms with Gasteiger partial charge in [0.2, 0.25) is 11.2 Å². The number of rotatable bonds is 3. The van der Waals surface area contributed by atoms with Crippen molar-refractivity contribution in [3.05, 3.63) is 23.6 Å². The maximum Gasteiger partial charge on any atom is 0.229 e. The molecule has 0 atom stereocenters. The first-order chi connectivity index (χ1) is 8.60. The number of methoxy groups -OCH3 is 1. The molecule has 0 aliphatic carbocycles. The van der Waals surface area contributed by atoms with E-state index in [-0.39, 0.29) is 5.28 Å². The Morgan fingerprint density at radius 3 is 2.50 bits per heavy atom. The highest BCUT2D eigenvalue weighted by atomic mass is 35.5. The molecule has 18 heavy (non-hydrogen) atoms. The predicted octanol–water partition coefficient (Wildman–Crippen LogP) is 1.66. The Labute approximate surface area is 110 Å². The maximum atomic E-state index is 5.86. The molecule has 0 unspecified atom stereocenters. The van der Waals surface area contributed by atoms with Gasteiger partial charge in [0.15, 0.2) is 5.82 Å². The first kappa shape index (κ1) is 12.5. The Bertz CT molecular complexity index is 544. The van der Waals surface area contributed by atoms with Crippen LogP contribution in [0.2, 0.25) is 5.28 Å². The molecule has 0 fully saturated rings. The molecule has 0 amide bonds. The van der Waals surface area contributed by atoms with Crippen LogP contribution in [-0.2, 0) is 0 Å². The number of ether oxygens (including phenoxy) is 1. The average molecular weight is 266 g/mol. The van der Waals surface area contributed by atoms with Crippen molar-refractivity contribution in [1.82, 2.24) is 19.9 Å². The summed E-state index contributed by atoms with van der Waals surface area (Å²) in [5.74, 6) is 1.59. The van der Waals surface area contributed by atoms with E-state index in [4.69, 9.17) is 16.3 Å². The lowest BCUT2D eigenvalue weighted by molar-refractivity contribution is 0.413. The van der Waals surface area contributed by atoms with Gasteiger partial charge < -0.3 is 9.64 Å². The zero-order valence-corrected chi connectivity index (χ0v) is 11.0. The van der Waals surface area contributed by atoms with E-state index < -0.39 is 0 Å². The van der Waals surface area contributed by atoms with E-state index in [0.717, 1.165) is 0 Å². The minimum Gasteiger partial charge on any atom is -0.495 e. The zero-order chi connectivity index (χ0) is 13.1. The molecule has 0 saturated carbocycles. The molecule has 2 aromatic heterocycles. The van der Waals surface area contributed by atoms with Gasteiger partial charge in [-0.15, -0.1) is 0 Å². The number of halogens is 1. The summed E-state index contributed by atoms with van der Waals surface area (Å²) in [6, 6.07) is 3.55. The molecule has 2 rings (SSSR count). The van der Waals surface area contributed by atoms with Gasteiger partial charge in [-0.05, 0) is 23.7 Å². The fourth-order valence-corrected chi connectivity index (χ4v) is 1.44. The molecule has 2 heterocycles. The molecular formula is C11H12ClN5O. The van der Waals surface area contributed by atoms with E-state index in [0.29, 0.717) is 23.2 Å². The molecule has 0 N–H and O–H groups in total. The van der Waals surface area contributed by atoms with Gasteiger partial charge in [0, 0.05) is 14.1 Å². The molecule has 2 aromatic rings. The first-order valence-electron chi connectivity index (χ1n) is 5.19. The highest BCUT2D eigenvalue weighted by Crippen LogP contribution is 2.18. The summed E-state index contributed by atoms with van der Waals surface area (Å²) in [7, 11) is 5.24. The third-order valence-electron chi connectivity index (χ3n) is 2.20. The van der Waals surface area contributed by atoms with Crippen LogP contribution in [0.5, 0.6) is 5.75 Å². The largest absolute Gasteiger partial charge is 0.495 e. The van der Waals surface area contributed by atoms with E-state index in [2.05, 4.69) is 19.9 Å². The van der Waals surface area contributed by atoms with Crippen LogP contribution in [0.15, 0.2) is 18.3 Å². The monoisotopic (exact) mass is 265 g/mol. The molecule has 0 radical (unpaired) electrons. The number of hydrogen-bond acceptors (Lipinski definition) is 6. The standard InChI is InChI=1S/C11H12ClN5O/c1-17(2)11-15-9(14-10(12)16-11)8-5-4-7(18-3)6-13-8/h4-6H,1-3H3. The second-order valence-corrected chi connectivity index (χ2v) is 4.04. The van der Waals surface area contributed by atoms with Gasteiger partial charge in [0.25, 0.3) is 0 Å². The number of aromatic nitrogens is 4. The van der Waals surface area contributed by atoms with Crippen LogP contribution in [0.25, 0.3) is 11.5 Å². The van der Waals surface area contributed by atoms with Gasteiger partial charge >= 0.3 is 0 Å². The van der Waals surface area contributed by atoms with Gasteiger partial charge in [-0.3, -0.25) is 0 Å². The van der Waals surface area contributed by atoms with Crippen LogP contribution >= 0.6 is 11.6 Å². The lowest BCUT2D eigenvalue weighted by atomic mass is 10.3. The van der Waals surface area contributed by atoms with Gasteiger partial charge in [0.05, 0.1) is 13.3 Å². The average Bonchev–Trinajstić information content (AvgIpc) is 2.38. The summed E-state index contributed by atoms with van der Waals surface area (Å²) < 4.78 is 5.04. The van der Waals surface area contributed by atoms with Crippen LogP contribution in [-0.4, -0.2) is 41.1 Å². The zero-order valence-electron chi connectivity index (χ0n) is 10.3. The van der Waals surface area contributed by atoms with Crippen molar-refractivity contribution in [2.45, 2.75) is 0 Å². The minimum absolute atomic E-state index is 0.140. The van der Waals surface area contributed by atoms with Crippen molar-refractivity contribution >= 4 is 17.5 Å². The van der Waals surface area contributed by atoms with Crippen LogP contribution in [0, 0.1) is 0 Å². The smallest absolute Gasteiger partial charge is 0.229 e. The number of hydrogen-bond donors (Lipinski definition) is 0. The Morgan fingerprint density at radius 2 is 1.94 bits per heavy atom. The second-order valence-electron chi connectivity index (χ2n) is 3.71. The molecule has 94 valence electrons.